The molecule has 2 rings (SSSR count). The van der Waals surface area contributed by atoms with Gasteiger partial charge in [-0.05, 0) is 19.3 Å². The van der Waals surface area contributed by atoms with Crippen molar-refractivity contribution in [1.29, 1.82) is 0 Å². The van der Waals surface area contributed by atoms with E-state index in [1.807, 2.05) is 11.8 Å². The Kier molecular flexibility index (Phi) is 2.98. The summed E-state index contributed by atoms with van der Waals surface area (Å²) in [4.78, 5) is 14.0. The van der Waals surface area contributed by atoms with Crippen LogP contribution in [0, 0.1) is 5.92 Å². The van der Waals surface area contributed by atoms with Crippen LogP contribution in [0.3, 0.4) is 0 Å². The summed E-state index contributed by atoms with van der Waals surface area (Å²) in [5.41, 5.74) is 0. The van der Waals surface area contributed by atoms with Gasteiger partial charge in [0.25, 0.3) is 0 Å². The van der Waals surface area contributed by atoms with Crippen LogP contribution in [0.4, 0.5) is 0 Å². The van der Waals surface area contributed by atoms with E-state index in [0.29, 0.717) is 12.6 Å². The van der Waals surface area contributed by atoms with Gasteiger partial charge in [0.1, 0.15) is 0 Å². The van der Waals surface area contributed by atoms with Gasteiger partial charge >= 0.3 is 0 Å². The van der Waals surface area contributed by atoms with Gasteiger partial charge in [0.2, 0.25) is 5.91 Å². The average molecular weight is 212 g/mol. The molecule has 0 aliphatic carbocycles. The summed E-state index contributed by atoms with van der Waals surface area (Å²) >= 11 is 0. The number of carbonyl (C=O) groups is 1. The molecular formula is C11H20N2O2. The van der Waals surface area contributed by atoms with E-state index < -0.39 is 0 Å². The second-order valence-electron chi connectivity index (χ2n) is 4.82. The van der Waals surface area contributed by atoms with Gasteiger partial charge < -0.3 is 9.64 Å². The SMILES string of the molecule is CC(C)C1NCN(C2CCOC2C)C1=O. The van der Waals surface area contributed by atoms with Crippen LogP contribution in [0.1, 0.15) is 27.2 Å². The Morgan fingerprint density at radius 2 is 2.27 bits per heavy atom. The third kappa shape index (κ3) is 1.88. The van der Waals surface area contributed by atoms with Crippen molar-refractivity contribution in [2.45, 2.75) is 45.4 Å². The summed E-state index contributed by atoms with van der Waals surface area (Å²) in [6.07, 6.45) is 1.15. The summed E-state index contributed by atoms with van der Waals surface area (Å²) in [5.74, 6) is 0.604. The van der Waals surface area contributed by atoms with Crippen molar-refractivity contribution >= 4 is 5.91 Å². The first-order valence-corrected chi connectivity index (χ1v) is 5.76. The highest BCUT2D eigenvalue weighted by Crippen LogP contribution is 2.23. The van der Waals surface area contributed by atoms with Crippen molar-refractivity contribution in [3.8, 4) is 0 Å². The van der Waals surface area contributed by atoms with Gasteiger partial charge in [-0.15, -0.1) is 0 Å². The highest BCUT2D eigenvalue weighted by atomic mass is 16.5. The maximum Gasteiger partial charge on any atom is 0.241 e. The van der Waals surface area contributed by atoms with Crippen molar-refractivity contribution < 1.29 is 9.53 Å². The molecule has 4 heteroatoms. The number of amides is 1. The lowest BCUT2D eigenvalue weighted by atomic mass is 10.0. The molecule has 0 saturated carbocycles. The van der Waals surface area contributed by atoms with Gasteiger partial charge in [0.05, 0.1) is 24.9 Å². The Morgan fingerprint density at radius 3 is 2.73 bits per heavy atom. The fraction of sp³-hybridized carbons (Fsp3) is 0.909. The van der Waals surface area contributed by atoms with Crippen LogP contribution in [0.15, 0.2) is 0 Å². The molecule has 2 heterocycles. The van der Waals surface area contributed by atoms with E-state index in [1.54, 1.807) is 0 Å². The maximum atomic E-state index is 12.1. The van der Waals surface area contributed by atoms with Gasteiger partial charge in [-0.2, -0.15) is 0 Å². The monoisotopic (exact) mass is 212 g/mol. The zero-order valence-electron chi connectivity index (χ0n) is 9.69. The summed E-state index contributed by atoms with van der Waals surface area (Å²) in [6, 6.07) is 0.270. The molecule has 0 spiro atoms. The molecule has 2 aliphatic rings. The van der Waals surface area contributed by atoms with E-state index in [1.165, 1.54) is 0 Å². The van der Waals surface area contributed by atoms with Gasteiger partial charge in [-0.3, -0.25) is 10.1 Å². The summed E-state index contributed by atoms with van der Waals surface area (Å²) in [6.45, 7) is 7.66. The Bertz CT molecular complexity index is 255. The van der Waals surface area contributed by atoms with E-state index in [-0.39, 0.29) is 24.1 Å². The van der Waals surface area contributed by atoms with Crippen LogP contribution in [0.2, 0.25) is 0 Å². The van der Waals surface area contributed by atoms with Crippen molar-refractivity contribution in [3.63, 3.8) is 0 Å². The van der Waals surface area contributed by atoms with Crippen LogP contribution >= 0.6 is 0 Å². The van der Waals surface area contributed by atoms with Crippen molar-refractivity contribution in [2.75, 3.05) is 13.3 Å². The molecule has 0 aromatic carbocycles. The molecule has 3 atom stereocenters. The molecule has 86 valence electrons. The molecule has 2 aliphatic heterocycles. The first-order valence-electron chi connectivity index (χ1n) is 5.76. The molecule has 0 aromatic heterocycles. The number of rotatable bonds is 2. The average Bonchev–Trinajstić information content (AvgIpc) is 2.71. The number of nitrogens with zero attached hydrogens (tertiary/aromatic N) is 1. The minimum Gasteiger partial charge on any atom is -0.376 e. The van der Waals surface area contributed by atoms with Gasteiger partial charge in [0, 0.05) is 6.61 Å². The first kappa shape index (κ1) is 10.9. The predicted octanol–water partition coefficient (Wildman–Crippen LogP) is 0.578. The molecule has 2 fully saturated rings. The zero-order valence-corrected chi connectivity index (χ0v) is 9.69. The van der Waals surface area contributed by atoms with E-state index in [9.17, 15) is 4.79 Å². The minimum absolute atomic E-state index is 0.00204. The third-order valence-electron chi connectivity index (χ3n) is 3.43. The molecule has 2 saturated heterocycles. The Labute approximate surface area is 91.0 Å². The number of ether oxygens (including phenoxy) is 1. The topological polar surface area (TPSA) is 41.6 Å². The van der Waals surface area contributed by atoms with E-state index in [0.717, 1.165) is 13.0 Å². The highest BCUT2D eigenvalue weighted by molar-refractivity contribution is 5.84. The van der Waals surface area contributed by atoms with Crippen molar-refractivity contribution in [1.82, 2.24) is 10.2 Å². The molecule has 0 aromatic rings. The Hall–Kier alpha value is -0.610. The fourth-order valence-corrected chi connectivity index (χ4v) is 2.47. The fourth-order valence-electron chi connectivity index (χ4n) is 2.47. The van der Waals surface area contributed by atoms with Gasteiger partial charge in [-0.25, -0.2) is 0 Å². The number of hydrogen-bond donors (Lipinski definition) is 1. The normalized spacial score (nSPS) is 36.9. The molecule has 0 bridgehead atoms. The zero-order chi connectivity index (χ0) is 11.0. The number of hydrogen-bond acceptors (Lipinski definition) is 3. The maximum absolute atomic E-state index is 12.1. The third-order valence-corrected chi connectivity index (χ3v) is 3.43. The molecule has 1 N–H and O–H groups in total. The molecule has 4 nitrogen and oxygen atoms in total. The lowest BCUT2D eigenvalue weighted by Crippen LogP contribution is -2.43. The second kappa shape index (κ2) is 4.10. The Balaban J connectivity index is 2.03. The first-order chi connectivity index (χ1) is 7.11. The van der Waals surface area contributed by atoms with Crippen LogP contribution in [0.5, 0.6) is 0 Å². The highest BCUT2D eigenvalue weighted by Gasteiger charge is 2.40. The van der Waals surface area contributed by atoms with E-state index >= 15 is 0 Å². The summed E-state index contributed by atoms with van der Waals surface area (Å²) in [5, 5.41) is 3.27. The van der Waals surface area contributed by atoms with Gasteiger partial charge in [-0.1, -0.05) is 13.8 Å². The molecule has 1 amide bonds. The predicted molar refractivity (Wildman–Crippen MR) is 57.3 cm³/mol. The van der Waals surface area contributed by atoms with Crippen molar-refractivity contribution in [3.05, 3.63) is 0 Å². The second-order valence-corrected chi connectivity index (χ2v) is 4.82. The molecular weight excluding hydrogens is 192 g/mol. The van der Waals surface area contributed by atoms with Crippen LogP contribution in [-0.2, 0) is 9.53 Å². The van der Waals surface area contributed by atoms with Crippen LogP contribution in [0.25, 0.3) is 0 Å². The smallest absolute Gasteiger partial charge is 0.241 e. The lowest BCUT2D eigenvalue weighted by Gasteiger charge is -2.26. The Morgan fingerprint density at radius 1 is 1.53 bits per heavy atom. The van der Waals surface area contributed by atoms with Crippen LogP contribution < -0.4 is 5.32 Å². The van der Waals surface area contributed by atoms with Gasteiger partial charge in [0.15, 0.2) is 0 Å². The quantitative estimate of drug-likeness (QED) is 0.728. The molecule has 0 radical (unpaired) electrons. The van der Waals surface area contributed by atoms with Crippen LogP contribution in [-0.4, -0.2) is 42.3 Å². The number of nitrogens with one attached hydrogen (secondary N) is 1. The lowest BCUT2D eigenvalue weighted by molar-refractivity contribution is -0.132. The standard InChI is InChI=1S/C11H20N2O2/c1-7(2)10-11(14)13(6-12-10)9-4-5-15-8(9)3/h7-10,12H,4-6H2,1-3H3. The molecule has 15 heavy (non-hydrogen) atoms. The minimum atomic E-state index is -0.00204. The number of carbonyl (C=O) groups excluding carboxylic acids is 1. The molecule has 3 unspecified atom stereocenters. The van der Waals surface area contributed by atoms with E-state index in [2.05, 4.69) is 19.2 Å². The largest absolute Gasteiger partial charge is 0.376 e. The van der Waals surface area contributed by atoms with E-state index in [4.69, 9.17) is 4.74 Å². The van der Waals surface area contributed by atoms with Crippen molar-refractivity contribution in [2.24, 2.45) is 5.92 Å². The summed E-state index contributed by atoms with van der Waals surface area (Å²) < 4.78 is 5.50. The summed E-state index contributed by atoms with van der Waals surface area (Å²) in [7, 11) is 0.